The van der Waals surface area contributed by atoms with Crippen LogP contribution in [0.3, 0.4) is 0 Å². The monoisotopic (exact) mass is 228 g/mol. The van der Waals surface area contributed by atoms with Crippen LogP contribution in [0.2, 0.25) is 0 Å². The lowest BCUT2D eigenvalue weighted by Gasteiger charge is -2.11. The van der Waals surface area contributed by atoms with Crippen molar-refractivity contribution in [2.75, 3.05) is 6.61 Å². The summed E-state index contributed by atoms with van der Waals surface area (Å²) in [5.41, 5.74) is 6.37. The molecule has 0 spiro atoms. The lowest BCUT2D eigenvalue weighted by Crippen LogP contribution is -2.16. The molecule has 0 saturated carbocycles. The molecule has 0 aliphatic rings. The topological polar surface area (TPSA) is 84.9 Å². The molecule has 16 heavy (non-hydrogen) atoms. The van der Waals surface area contributed by atoms with Crippen LogP contribution < -0.4 is 5.73 Å². The molecule has 0 bridgehead atoms. The van der Waals surface area contributed by atoms with E-state index >= 15 is 0 Å². The number of carboxylic acid groups (broad SMARTS) is 1. The third kappa shape index (κ3) is 6.06. The third-order valence-corrected chi connectivity index (χ3v) is 1.77. The van der Waals surface area contributed by atoms with E-state index in [1.54, 1.807) is 6.21 Å². The quantitative estimate of drug-likeness (QED) is 0.531. The summed E-state index contributed by atoms with van der Waals surface area (Å²) in [6.07, 6.45) is 1.65. The number of ether oxygens (including phenoxy) is 1. The van der Waals surface area contributed by atoms with E-state index in [0.29, 0.717) is 0 Å². The molecule has 0 aliphatic heterocycles. The van der Waals surface area contributed by atoms with Gasteiger partial charge in [-0.15, -0.1) is 0 Å². The molecule has 5 nitrogen and oxygen atoms in total. The second-order valence-electron chi connectivity index (χ2n) is 4.03. The summed E-state index contributed by atoms with van der Waals surface area (Å²) < 4.78 is 4.93. The van der Waals surface area contributed by atoms with Crippen LogP contribution in [0.25, 0.3) is 0 Å². The van der Waals surface area contributed by atoms with Crippen molar-refractivity contribution in [1.82, 2.24) is 0 Å². The SMILES string of the molecule is CC(C)N=CC(=C(N)OCC(=O)O)C(C)C. The molecule has 5 heteroatoms. The number of allylic oxidation sites excluding steroid dienone is 1. The van der Waals surface area contributed by atoms with Crippen LogP contribution in [0.5, 0.6) is 0 Å². The Labute approximate surface area is 96.0 Å². The van der Waals surface area contributed by atoms with Gasteiger partial charge in [0.25, 0.3) is 0 Å². The van der Waals surface area contributed by atoms with E-state index in [0.717, 1.165) is 5.57 Å². The van der Waals surface area contributed by atoms with Gasteiger partial charge in [0, 0.05) is 17.8 Å². The standard InChI is InChI=1S/C11H20N2O3/c1-7(2)9(5-13-8(3)4)11(12)16-6-10(14)15/h5,7-8H,6,12H2,1-4H3,(H,14,15). The molecule has 0 amide bonds. The summed E-state index contributed by atoms with van der Waals surface area (Å²) in [5.74, 6) is -0.787. The molecule has 0 radical (unpaired) electrons. The highest BCUT2D eigenvalue weighted by Gasteiger charge is 2.09. The average molecular weight is 228 g/mol. The zero-order valence-electron chi connectivity index (χ0n) is 10.2. The highest BCUT2D eigenvalue weighted by Crippen LogP contribution is 2.11. The van der Waals surface area contributed by atoms with Gasteiger partial charge in [0.15, 0.2) is 12.5 Å². The van der Waals surface area contributed by atoms with Crippen molar-refractivity contribution < 1.29 is 14.6 Å². The Bertz CT molecular complexity index is 294. The van der Waals surface area contributed by atoms with Crippen LogP contribution in [0.1, 0.15) is 27.7 Å². The van der Waals surface area contributed by atoms with Gasteiger partial charge in [0.05, 0.1) is 0 Å². The minimum absolute atomic E-state index is 0.127. The fraction of sp³-hybridized carbons (Fsp3) is 0.636. The van der Waals surface area contributed by atoms with Gasteiger partial charge >= 0.3 is 5.97 Å². The van der Waals surface area contributed by atoms with Gasteiger partial charge in [-0.05, 0) is 19.8 Å². The normalized spacial score (nSPS) is 13.4. The maximum atomic E-state index is 10.3. The first-order chi connectivity index (χ1) is 7.34. The van der Waals surface area contributed by atoms with E-state index in [-0.39, 0.29) is 17.8 Å². The van der Waals surface area contributed by atoms with Gasteiger partial charge in [-0.2, -0.15) is 0 Å². The average Bonchev–Trinajstić information content (AvgIpc) is 2.13. The summed E-state index contributed by atoms with van der Waals surface area (Å²) in [4.78, 5) is 14.5. The van der Waals surface area contributed by atoms with E-state index in [2.05, 4.69) is 4.99 Å². The summed E-state index contributed by atoms with van der Waals surface area (Å²) in [6.45, 7) is 7.35. The maximum absolute atomic E-state index is 10.3. The molecule has 0 heterocycles. The van der Waals surface area contributed by atoms with Crippen molar-refractivity contribution >= 4 is 12.2 Å². The lowest BCUT2D eigenvalue weighted by molar-refractivity contribution is -0.140. The van der Waals surface area contributed by atoms with Gasteiger partial charge in [0.2, 0.25) is 0 Å². The molecule has 0 saturated heterocycles. The summed E-state index contributed by atoms with van der Waals surface area (Å²) >= 11 is 0. The third-order valence-electron chi connectivity index (χ3n) is 1.77. The molecule has 0 aromatic rings. The number of nitrogens with zero attached hydrogens (tertiary/aromatic N) is 1. The minimum atomic E-state index is -1.05. The Balaban J connectivity index is 4.72. The van der Waals surface area contributed by atoms with Crippen molar-refractivity contribution in [2.45, 2.75) is 33.7 Å². The van der Waals surface area contributed by atoms with Gasteiger partial charge in [-0.3, -0.25) is 4.99 Å². The Morgan fingerprint density at radius 2 is 2.00 bits per heavy atom. The van der Waals surface area contributed by atoms with Gasteiger partial charge in [-0.1, -0.05) is 13.8 Å². The number of carboxylic acids is 1. The predicted molar refractivity (Wildman–Crippen MR) is 63.3 cm³/mol. The van der Waals surface area contributed by atoms with Crippen molar-refractivity contribution in [2.24, 2.45) is 16.6 Å². The largest absolute Gasteiger partial charge is 0.479 e. The number of aliphatic carboxylic acids is 1. The highest BCUT2D eigenvalue weighted by atomic mass is 16.5. The molecule has 92 valence electrons. The second-order valence-corrected chi connectivity index (χ2v) is 4.03. The van der Waals surface area contributed by atoms with E-state index in [4.69, 9.17) is 15.6 Å². The number of hydrogen-bond donors (Lipinski definition) is 2. The van der Waals surface area contributed by atoms with E-state index < -0.39 is 12.6 Å². The number of nitrogens with two attached hydrogens (primary N) is 1. The number of hydrogen-bond acceptors (Lipinski definition) is 4. The molecule has 3 N–H and O–H groups in total. The highest BCUT2D eigenvalue weighted by molar-refractivity contribution is 5.79. The molecule has 0 aliphatic carbocycles. The molecular formula is C11H20N2O3. The molecule has 0 aromatic carbocycles. The van der Waals surface area contributed by atoms with Crippen molar-refractivity contribution in [3.05, 3.63) is 11.5 Å². The zero-order valence-corrected chi connectivity index (χ0v) is 10.2. The number of carbonyl (C=O) groups is 1. The zero-order chi connectivity index (χ0) is 12.7. The lowest BCUT2D eigenvalue weighted by atomic mass is 10.1. The van der Waals surface area contributed by atoms with Gasteiger partial charge in [0.1, 0.15) is 0 Å². The van der Waals surface area contributed by atoms with Crippen LogP contribution in [0.4, 0.5) is 0 Å². The molecule has 0 atom stereocenters. The molecule has 0 unspecified atom stereocenters. The smallest absolute Gasteiger partial charge is 0.341 e. The molecule has 0 rings (SSSR count). The number of aliphatic imine (C=N–C) groups is 1. The minimum Gasteiger partial charge on any atom is -0.479 e. The van der Waals surface area contributed by atoms with Crippen LogP contribution in [-0.2, 0) is 9.53 Å². The van der Waals surface area contributed by atoms with E-state index in [1.807, 2.05) is 27.7 Å². The van der Waals surface area contributed by atoms with Crippen molar-refractivity contribution in [3.8, 4) is 0 Å². The molecule has 0 fully saturated rings. The van der Waals surface area contributed by atoms with Crippen molar-refractivity contribution in [3.63, 3.8) is 0 Å². The molecular weight excluding hydrogens is 208 g/mol. The Hall–Kier alpha value is -1.52. The number of rotatable bonds is 6. The van der Waals surface area contributed by atoms with E-state index in [9.17, 15) is 4.79 Å². The summed E-state index contributed by atoms with van der Waals surface area (Å²) in [6, 6.07) is 0.168. The fourth-order valence-corrected chi connectivity index (χ4v) is 0.949. The first kappa shape index (κ1) is 14.5. The first-order valence-corrected chi connectivity index (χ1v) is 5.22. The predicted octanol–water partition coefficient (Wildman–Crippen LogP) is 1.39. The summed E-state index contributed by atoms with van der Waals surface area (Å²) in [5, 5.41) is 8.46. The summed E-state index contributed by atoms with van der Waals surface area (Å²) in [7, 11) is 0. The Morgan fingerprint density at radius 3 is 2.38 bits per heavy atom. The van der Waals surface area contributed by atoms with Crippen LogP contribution in [0.15, 0.2) is 16.4 Å². The first-order valence-electron chi connectivity index (χ1n) is 5.22. The van der Waals surface area contributed by atoms with Gasteiger partial charge < -0.3 is 15.6 Å². The Kier molecular flexibility index (Phi) is 6.22. The fourth-order valence-electron chi connectivity index (χ4n) is 0.949. The van der Waals surface area contributed by atoms with E-state index in [1.165, 1.54) is 0 Å². The molecule has 0 aromatic heterocycles. The van der Waals surface area contributed by atoms with Crippen LogP contribution in [-0.4, -0.2) is 29.9 Å². The van der Waals surface area contributed by atoms with Gasteiger partial charge in [-0.25, -0.2) is 4.79 Å². The maximum Gasteiger partial charge on any atom is 0.341 e. The van der Waals surface area contributed by atoms with Crippen molar-refractivity contribution in [1.29, 1.82) is 0 Å². The Morgan fingerprint density at radius 1 is 1.44 bits per heavy atom. The van der Waals surface area contributed by atoms with Crippen LogP contribution in [0, 0.1) is 5.92 Å². The second kappa shape index (κ2) is 6.87. The van der Waals surface area contributed by atoms with Crippen LogP contribution >= 0.6 is 0 Å².